The van der Waals surface area contributed by atoms with Gasteiger partial charge in [-0.05, 0) is 12.1 Å². The highest BCUT2D eigenvalue weighted by atomic mass is 16.4. The van der Waals surface area contributed by atoms with Crippen molar-refractivity contribution in [3.8, 4) is 0 Å². The molecule has 0 spiro atoms. The van der Waals surface area contributed by atoms with Crippen molar-refractivity contribution in [3.05, 3.63) is 36.1 Å². The molecule has 20 heavy (non-hydrogen) atoms. The summed E-state index contributed by atoms with van der Waals surface area (Å²) in [6.07, 6.45) is -0.772. The van der Waals surface area contributed by atoms with E-state index in [1.54, 1.807) is 18.2 Å². The third-order valence-corrected chi connectivity index (χ3v) is 3.46. The first-order chi connectivity index (χ1) is 9.56. The van der Waals surface area contributed by atoms with Gasteiger partial charge in [0, 0.05) is 18.4 Å². The highest BCUT2D eigenvalue weighted by Gasteiger charge is 2.40. The van der Waals surface area contributed by atoms with Gasteiger partial charge in [0.15, 0.2) is 5.76 Å². The Labute approximate surface area is 114 Å². The van der Waals surface area contributed by atoms with Crippen molar-refractivity contribution in [2.75, 3.05) is 6.54 Å². The smallest absolute Gasteiger partial charge is 0.326 e. The van der Waals surface area contributed by atoms with E-state index in [1.165, 1.54) is 0 Å². The van der Waals surface area contributed by atoms with Crippen LogP contribution in [0, 0.1) is 0 Å². The summed E-state index contributed by atoms with van der Waals surface area (Å²) in [4.78, 5) is 24.6. The molecule has 1 aromatic heterocycles. The molecular weight excluding hydrogens is 262 g/mol. The van der Waals surface area contributed by atoms with Gasteiger partial charge in [0.05, 0.1) is 6.10 Å². The summed E-state index contributed by atoms with van der Waals surface area (Å²) in [5.41, 5.74) is 0.572. The van der Waals surface area contributed by atoms with E-state index >= 15 is 0 Å². The number of furan rings is 1. The predicted octanol–water partition coefficient (Wildman–Crippen LogP) is 1.09. The van der Waals surface area contributed by atoms with Crippen LogP contribution in [0.2, 0.25) is 0 Å². The summed E-state index contributed by atoms with van der Waals surface area (Å²) in [5.74, 6) is -1.54. The maximum absolute atomic E-state index is 12.3. The molecular formula is C14H13NO5. The minimum atomic E-state index is -1.12. The number of fused-ring (bicyclic) bond motifs is 1. The second kappa shape index (κ2) is 4.64. The largest absolute Gasteiger partial charge is 0.480 e. The number of para-hydroxylation sites is 1. The van der Waals surface area contributed by atoms with Gasteiger partial charge in [0.1, 0.15) is 11.6 Å². The molecule has 1 saturated heterocycles. The van der Waals surface area contributed by atoms with Crippen molar-refractivity contribution in [1.82, 2.24) is 4.90 Å². The summed E-state index contributed by atoms with van der Waals surface area (Å²) in [7, 11) is 0. The fourth-order valence-corrected chi connectivity index (χ4v) is 2.50. The maximum Gasteiger partial charge on any atom is 0.326 e. The lowest BCUT2D eigenvalue weighted by molar-refractivity contribution is -0.141. The Bertz CT molecular complexity index is 644. The topological polar surface area (TPSA) is 91.0 Å². The lowest BCUT2D eigenvalue weighted by Crippen LogP contribution is -2.40. The van der Waals surface area contributed by atoms with Gasteiger partial charge in [0.25, 0.3) is 5.91 Å². The molecule has 2 atom stereocenters. The van der Waals surface area contributed by atoms with Gasteiger partial charge in [-0.1, -0.05) is 18.2 Å². The Hall–Kier alpha value is -2.34. The summed E-state index contributed by atoms with van der Waals surface area (Å²) >= 11 is 0. The van der Waals surface area contributed by atoms with E-state index in [-0.39, 0.29) is 18.7 Å². The van der Waals surface area contributed by atoms with Crippen LogP contribution in [0.5, 0.6) is 0 Å². The zero-order chi connectivity index (χ0) is 14.3. The highest BCUT2D eigenvalue weighted by Crippen LogP contribution is 2.24. The van der Waals surface area contributed by atoms with Gasteiger partial charge in [0.2, 0.25) is 0 Å². The van der Waals surface area contributed by atoms with Crippen molar-refractivity contribution in [1.29, 1.82) is 0 Å². The van der Waals surface area contributed by atoms with E-state index in [4.69, 9.17) is 9.52 Å². The van der Waals surface area contributed by atoms with Gasteiger partial charge in [-0.15, -0.1) is 0 Å². The minimum absolute atomic E-state index is 0.00679. The molecule has 1 aliphatic rings. The zero-order valence-electron chi connectivity index (χ0n) is 10.5. The van der Waals surface area contributed by atoms with Gasteiger partial charge in [-0.3, -0.25) is 4.79 Å². The highest BCUT2D eigenvalue weighted by molar-refractivity contribution is 5.98. The molecule has 104 valence electrons. The minimum Gasteiger partial charge on any atom is -0.480 e. The number of hydrogen-bond acceptors (Lipinski definition) is 4. The third kappa shape index (κ3) is 2.04. The van der Waals surface area contributed by atoms with Crippen molar-refractivity contribution in [2.24, 2.45) is 0 Å². The number of nitrogens with zero attached hydrogens (tertiary/aromatic N) is 1. The average molecular weight is 275 g/mol. The first-order valence-electron chi connectivity index (χ1n) is 6.26. The molecule has 2 heterocycles. The van der Waals surface area contributed by atoms with Gasteiger partial charge in [-0.25, -0.2) is 4.79 Å². The summed E-state index contributed by atoms with van der Waals surface area (Å²) in [6, 6.07) is 7.74. The molecule has 6 heteroatoms. The number of hydrogen-bond donors (Lipinski definition) is 2. The Balaban J connectivity index is 1.93. The van der Waals surface area contributed by atoms with Crippen LogP contribution in [0.15, 0.2) is 34.7 Å². The van der Waals surface area contributed by atoms with Gasteiger partial charge >= 0.3 is 5.97 Å². The first kappa shape index (κ1) is 12.7. The van der Waals surface area contributed by atoms with E-state index < -0.39 is 24.0 Å². The summed E-state index contributed by atoms with van der Waals surface area (Å²) in [5, 5.41) is 19.4. The first-order valence-corrected chi connectivity index (χ1v) is 6.26. The van der Waals surface area contributed by atoms with E-state index in [0.717, 1.165) is 10.3 Å². The van der Waals surface area contributed by atoms with E-state index in [0.29, 0.717) is 5.58 Å². The second-order valence-electron chi connectivity index (χ2n) is 4.85. The van der Waals surface area contributed by atoms with E-state index in [1.807, 2.05) is 12.1 Å². The van der Waals surface area contributed by atoms with Crippen molar-refractivity contribution < 1.29 is 24.2 Å². The van der Waals surface area contributed by atoms with Gasteiger partial charge in [-0.2, -0.15) is 0 Å². The SMILES string of the molecule is O=C(O)[C@H]1C[C@@H](O)CN1C(=O)c1cc2ccccc2o1. The Morgan fingerprint density at radius 2 is 2.05 bits per heavy atom. The number of carbonyl (C=O) groups is 2. The molecule has 1 amide bonds. The van der Waals surface area contributed by atoms with Crippen LogP contribution in [-0.2, 0) is 4.79 Å². The molecule has 0 aliphatic carbocycles. The number of carbonyl (C=O) groups excluding carboxylic acids is 1. The van der Waals surface area contributed by atoms with Crippen LogP contribution in [0.25, 0.3) is 11.0 Å². The van der Waals surface area contributed by atoms with Crippen LogP contribution in [-0.4, -0.2) is 45.7 Å². The number of aliphatic carboxylic acids is 1. The van der Waals surface area contributed by atoms with E-state index in [2.05, 4.69) is 0 Å². The van der Waals surface area contributed by atoms with Crippen LogP contribution in [0.3, 0.4) is 0 Å². The Morgan fingerprint density at radius 3 is 2.75 bits per heavy atom. The molecule has 1 fully saturated rings. The number of carboxylic acid groups (broad SMARTS) is 1. The van der Waals surface area contributed by atoms with Crippen molar-refractivity contribution in [3.63, 3.8) is 0 Å². The predicted molar refractivity (Wildman–Crippen MR) is 69.3 cm³/mol. The third-order valence-electron chi connectivity index (χ3n) is 3.46. The molecule has 0 unspecified atom stereocenters. The van der Waals surface area contributed by atoms with E-state index in [9.17, 15) is 14.7 Å². The fourth-order valence-electron chi connectivity index (χ4n) is 2.50. The standard InChI is InChI=1S/C14H13NO5/c16-9-6-10(14(18)19)15(7-9)13(17)12-5-8-3-1-2-4-11(8)20-12/h1-5,9-10,16H,6-7H2,(H,18,19)/t9-,10-/m1/s1. The number of aliphatic hydroxyl groups excluding tert-OH is 1. The lowest BCUT2D eigenvalue weighted by Gasteiger charge is -2.19. The van der Waals surface area contributed by atoms with Crippen LogP contribution in [0.1, 0.15) is 17.0 Å². The number of benzene rings is 1. The maximum atomic E-state index is 12.3. The summed E-state index contributed by atoms with van der Waals surface area (Å²) in [6.45, 7) is 0.00679. The molecule has 0 saturated carbocycles. The molecule has 2 N–H and O–H groups in total. The number of rotatable bonds is 2. The number of carboxylic acids is 1. The summed E-state index contributed by atoms with van der Waals surface area (Å²) < 4.78 is 5.44. The van der Waals surface area contributed by atoms with Crippen LogP contribution < -0.4 is 0 Å². The molecule has 1 aromatic carbocycles. The van der Waals surface area contributed by atoms with Crippen molar-refractivity contribution in [2.45, 2.75) is 18.6 Å². The van der Waals surface area contributed by atoms with Crippen molar-refractivity contribution >= 4 is 22.8 Å². The Kier molecular flexibility index (Phi) is 2.94. The number of likely N-dealkylation sites (tertiary alicyclic amines) is 1. The number of amides is 1. The molecule has 6 nitrogen and oxygen atoms in total. The molecule has 2 aromatic rings. The lowest BCUT2D eigenvalue weighted by atomic mass is 10.2. The quantitative estimate of drug-likeness (QED) is 0.856. The molecule has 1 aliphatic heterocycles. The fraction of sp³-hybridized carbons (Fsp3) is 0.286. The van der Waals surface area contributed by atoms with Crippen LogP contribution >= 0.6 is 0 Å². The zero-order valence-corrected chi connectivity index (χ0v) is 10.5. The normalized spacial score (nSPS) is 22.4. The number of aliphatic hydroxyl groups is 1. The monoisotopic (exact) mass is 275 g/mol. The average Bonchev–Trinajstić information content (AvgIpc) is 3.01. The molecule has 3 rings (SSSR count). The number of β-amino-alcohol motifs (C(OH)–C–C–N with tert-alkyl or cyclic N) is 1. The molecule has 0 radical (unpaired) electrons. The molecule has 0 bridgehead atoms. The Morgan fingerprint density at radius 1 is 1.30 bits per heavy atom. The van der Waals surface area contributed by atoms with Crippen LogP contribution in [0.4, 0.5) is 0 Å². The second-order valence-corrected chi connectivity index (χ2v) is 4.85. The van der Waals surface area contributed by atoms with Gasteiger partial charge < -0.3 is 19.5 Å².